The predicted molar refractivity (Wildman–Crippen MR) is 78.3 cm³/mol. The van der Waals surface area contributed by atoms with E-state index in [4.69, 9.17) is 11.6 Å². The van der Waals surface area contributed by atoms with Gasteiger partial charge in [-0.25, -0.2) is 0 Å². The van der Waals surface area contributed by atoms with E-state index >= 15 is 0 Å². The smallest absolute Gasteiger partial charge is 0.0928 e. The molecule has 1 aromatic rings. The molecule has 18 heavy (non-hydrogen) atoms. The summed E-state index contributed by atoms with van der Waals surface area (Å²) < 4.78 is 0. The normalized spacial score (nSPS) is 16.3. The van der Waals surface area contributed by atoms with Gasteiger partial charge in [0.1, 0.15) is 0 Å². The summed E-state index contributed by atoms with van der Waals surface area (Å²) in [6.07, 6.45) is 1.33. The summed E-state index contributed by atoms with van der Waals surface area (Å²) in [5, 5.41) is 23.2. The van der Waals surface area contributed by atoms with Crippen LogP contribution in [0.25, 0.3) is 0 Å². The van der Waals surface area contributed by atoms with Crippen molar-refractivity contribution in [1.29, 1.82) is 0 Å². The molecule has 0 aliphatic rings. The molecule has 3 nitrogen and oxygen atoms in total. The van der Waals surface area contributed by atoms with Gasteiger partial charge in [0.2, 0.25) is 0 Å². The van der Waals surface area contributed by atoms with Crippen LogP contribution < -0.4 is 5.32 Å². The van der Waals surface area contributed by atoms with E-state index in [0.717, 1.165) is 5.56 Å². The molecule has 0 heterocycles. The van der Waals surface area contributed by atoms with Crippen molar-refractivity contribution in [2.75, 3.05) is 19.4 Å². The topological polar surface area (TPSA) is 52.5 Å². The van der Waals surface area contributed by atoms with Crippen molar-refractivity contribution in [2.24, 2.45) is 0 Å². The van der Waals surface area contributed by atoms with Crippen LogP contribution in [-0.2, 0) is 0 Å². The fourth-order valence-electron chi connectivity index (χ4n) is 1.72. The lowest BCUT2D eigenvalue weighted by atomic mass is 10.1. The molecule has 3 N–H and O–H groups in total. The quantitative estimate of drug-likeness (QED) is 0.719. The van der Waals surface area contributed by atoms with Crippen LogP contribution in [0, 0.1) is 0 Å². The van der Waals surface area contributed by atoms with Crippen LogP contribution in [0.2, 0.25) is 5.02 Å². The van der Waals surface area contributed by atoms with Crippen LogP contribution >= 0.6 is 23.4 Å². The summed E-state index contributed by atoms with van der Waals surface area (Å²) in [5.74, 6) is 0. The SMILES string of the molecule is CSC(CO)C(C)NCC(O)c1ccccc1Cl. The molecule has 102 valence electrons. The minimum atomic E-state index is -0.637. The van der Waals surface area contributed by atoms with Crippen LogP contribution in [-0.4, -0.2) is 40.9 Å². The fraction of sp³-hybridized carbons (Fsp3) is 0.538. The lowest BCUT2D eigenvalue weighted by molar-refractivity contribution is 0.168. The Kier molecular flexibility index (Phi) is 7.04. The molecule has 5 heteroatoms. The van der Waals surface area contributed by atoms with E-state index in [9.17, 15) is 10.2 Å². The van der Waals surface area contributed by atoms with Gasteiger partial charge in [-0.2, -0.15) is 11.8 Å². The highest BCUT2D eigenvalue weighted by molar-refractivity contribution is 7.99. The number of hydrogen-bond acceptors (Lipinski definition) is 4. The Hall–Kier alpha value is -0.260. The minimum absolute atomic E-state index is 0.123. The maximum Gasteiger partial charge on any atom is 0.0928 e. The van der Waals surface area contributed by atoms with E-state index in [-0.39, 0.29) is 17.9 Å². The molecule has 0 spiro atoms. The maximum absolute atomic E-state index is 10.1. The Morgan fingerprint density at radius 1 is 1.39 bits per heavy atom. The highest BCUT2D eigenvalue weighted by Gasteiger charge is 2.17. The average Bonchev–Trinajstić information content (AvgIpc) is 2.38. The third-order valence-electron chi connectivity index (χ3n) is 2.94. The Morgan fingerprint density at radius 2 is 2.06 bits per heavy atom. The van der Waals surface area contributed by atoms with Crippen molar-refractivity contribution < 1.29 is 10.2 Å². The molecular weight excluding hydrogens is 270 g/mol. The molecule has 3 atom stereocenters. The van der Waals surface area contributed by atoms with Crippen LogP contribution in [0.1, 0.15) is 18.6 Å². The highest BCUT2D eigenvalue weighted by Crippen LogP contribution is 2.22. The van der Waals surface area contributed by atoms with Crippen molar-refractivity contribution in [3.8, 4) is 0 Å². The van der Waals surface area contributed by atoms with Crippen molar-refractivity contribution in [3.63, 3.8) is 0 Å². The van der Waals surface area contributed by atoms with Crippen LogP contribution in [0.4, 0.5) is 0 Å². The van der Waals surface area contributed by atoms with E-state index in [0.29, 0.717) is 11.6 Å². The van der Waals surface area contributed by atoms with E-state index < -0.39 is 6.10 Å². The standard InChI is InChI=1S/C13H20ClNO2S/c1-9(13(8-16)18-2)15-7-12(17)10-5-3-4-6-11(10)14/h3-6,9,12-13,15-17H,7-8H2,1-2H3. The van der Waals surface area contributed by atoms with E-state index in [1.165, 1.54) is 0 Å². The number of aliphatic hydroxyl groups is 2. The zero-order valence-corrected chi connectivity index (χ0v) is 12.2. The van der Waals surface area contributed by atoms with Crippen molar-refractivity contribution >= 4 is 23.4 Å². The summed E-state index contributed by atoms with van der Waals surface area (Å²) in [7, 11) is 0. The number of hydrogen-bond donors (Lipinski definition) is 3. The van der Waals surface area contributed by atoms with Gasteiger partial charge in [0.25, 0.3) is 0 Å². The second-order valence-electron chi connectivity index (χ2n) is 4.19. The molecule has 1 rings (SSSR count). The number of aliphatic hydroxyl groups excluding tert-OH is 2. The average molecular weight is 290 g/mol. The Morgan fingerprint density at radius 3 is 2.61 bits per heavy atom. The molecule has 3 unspecified atom stereocenters. The van der Waals surface area contributed by atoms with Gasteiger partial charge in [0.15, 0.2) is 0 Å². The third-order valence-corrected chi connectivity index (χ3v) is 4.44. The Bertz CT molecular complexity index is 361. The van der Waals surface area contributed by atoms with Crippen molar-refractivity contribution in [2.45, 2.75) is 24.3 Å². The molecule has 0 radical (unpaired) electrons. The Balaban J connectivity index is 2.51. The number of thioether (sulfide) groups is 1. The van der Waals surface area contributed by atoms with Gasteiger partial charge >= 0.3 is 0 Å². The summed E-state index contributed by atoms with van der Waals surface area (Å²) in [6, 6.07) is 7.40. The lowest BCUT2D eigenvalue weighted by Crippen LogP contribution is -2.39. The first kappa shape index (κ1) is 15.8. The molecule has 0 amide bonds. The number of halogens is 1. The largest absolute Gasteiger partial charge is 0.395 e. The Labute approximate surface area is 118 Å². The van der Waals surface area contributed by atoms with E-state index in [1.807, 2.05) is 31.4 Å². The third kappa shape index (κ3) is 4.44. The molecule has 0 aliphatic carbocycles. The first-order valence-electron chi connectivity index (χ1n) is 5.89. The molecule has 0 aromatic heterocycles. The summed E-state index contributed by atoms with van der Waals surface area (Å²) in [6.45, 7) is 2.54. The maximum atomic E-state index is 10.1. The van der Waals surface area contributed by atoms with Gasteiger partial charge in [-0.15, -0.1) is 0 Å². The minimum Gasteiger partial charge on any atom is -0.395 e. The summed E-state index contributed by atoms with van der Waals surface area (Å²) >= 11 is 7.63. The van der Waals surface area contributed by atoms with Crippen molar-refractivity contribution in [1.82, 2.24) is 5.32 Å². The summed E-state index contributed by atoms with van der Waals surface area (Å²) in [5.41, 5.74) is 0.726. The van der Waals surface area contributed by atoms with E-state index in [1.54, 1.807) is 17.8 Å². The van der Waals surface area contributed by atoms with Gasteiger partial charge < -0.3 is 15.5 Å². The highest BCUT2D eigenvalue weighted by atomic mass is 35.5. The zero-order valence-electron chi connectivity index (χ0n) is 10.6. The van der Waals surface area contributed by atoms with E-state index in [2.05, 4.69) is 5.32 Å². The molecular formula is C13H20ClNO2S. The fourth-order valence-corrected chi connectivity index (χ4v) is 2.64. The zero-order chi connectivity index (χ0) is 13.5. The van der Waals surface area contributed by atoms with Gasteiger partial charge in [0, 0.05) is 28.4 Å². The lowest BCUT2D eigenvalue weighted by Gasteiger charge is -2.23. The molecule has 0 saturated carbocycles. The van der Waals surface area contributed by atoms with Crippen LogP contribution in [0.5, 0.6) is 0 Å². The number of benzene rings is 1. The number of rotatable bonds is 7. The molecule has 0 aliphatic heterocycles. The second kappa shape index (κ2) is 8.02. The molecule has 0 bridgehead atoms. The molecule has 0 fully saturated rings. The first-order chi connectivity index (χ1) is 8.60. The monoisotopic (exact) mass is 289 g/mol. The van der Waals surface area contributed by atoms with Crippen LogP contribution in [0.3, 0.4) is 0 Å². The van der Waals surface area contributed by atoms with Gasteiger partial charge in [-0.05, 0) is 19.2 Å². The molecule has 1 aromatic carbocycles. The number of nitrogens with one attached hydrogen (secondary N) is 1. The second-order valence-corrected chi connectivity index (χ2v) is 5.68. The molecule has 0 saturated heterocycles. The van der Waals surface area contributed by atoms with Gasteiger partial charge in [-0.1, -0.05) is 29.8 Å². The van der Waals surface area contributed by atoms with Gasteiger partial charge in [-0.3, -0.25) is 0 Å². The summed E-state index contributed by atoms with van der Waals surface area (Å²) in [4.78, 5) is 0. The van der Waals surface area contributed by atoms with Crippen molar-refractivity contribution in [3.05, 3.63) is 34.9 Å². The van der Waals surface area contributed by atoms with Crippen LogP contribution in [0.15, 0.2) is 24.3 Å². The first-order valence-corrected chi connectivity index (χ1v) is 7.56. The van der Waals surface area contributed by atoms with Gasteiger partial charge in [0.05, 0.1) is 12.7 Å². The predicted octanol–water partition coefficient (Wildman–Crippen LogP) is 2.08.